The fraction of sp³-hybridized carbons (Fsp3) is 0.500. The third-order valence-electron chi connectivity index (χ3n) is 4.23. The molecule has 0 saturated heterocycles. The summed E-state index contributed by atoms with van der Waals surface area (Å²) < 4.78 is 7.04. The molecule has 1 aliphatic rings. The minimum atomic E-state index is 0.0817. The SMILES string of the molecule is COCn1c(=O)c2c(c3ccc(CC(C)C)cc31)NCCC2. The molecule has 0 fully saturated rings. The first-order chi connectivity index (χ1) is 10.6. The molecule has 1 aliphatic heterocycles. The molecule has 2 heterocycles. The van der Waals surface area contributed by atoms with E-state index in [1.54, 1.807) is 11.7 Å². The highest BCUT2D eigenvalue weighted by Crippen LogP contribution is 2.29. The van der Waals surface area contributed by atoms with Gasteiger partial charge in [0, 0.05) is 24.6 Å². The zero-order valence-corrected chi connectivity index (χ0v) is 13.6. The van der Waals surface area contributed by atoms with Gasteiger partial charge in [-0.1, -0.05) is 26.0 Å². The highest BCUT2D eigenvalue weighted by Gasteiger charge is 2.19. The van der Waals surface area contributed by atoms with Crippen LogP contribution in [0, 0.1) is 5.92 Å². The van der Waals surface area contributed by atoms with Crippen LogP contribution in [0.5, 0.6) is 0 Å². The number of hydrogen-bond donors (Lipinski definition) is 1. The van der Waals surface area contributed by atoms with Gasteiger partial charge in [-0.3, -0.25) is 9.36 Å². The molecular formula is C18H24N2O2. The summed E-state index contributed by atoms with van der Waals surface area (Å²) in [6, 6.07) is 6.47. The Balaban J connectivity index is 2.26. The van der Waals surface area contributed by atoms with E-state index in [2.05, 4.69) is 37.4 Å². The molecule has 2 aromatic rings. The molecule has 0 aliphatic carbocycles. The summed E-state index contributed by atoms with van der Waals surface area (Å²) in [6.45, 7) is 5.65. The lowest BCUT2D eigenvalue weighted by Crippen LogP contribution is -2.29. The molecule has 4 heteroatoms. The average Bonchev–Trinajstić information content (AvgIpc) is 2.51. The second kappa shape index (κ2) is 6.13. The fourth-order valence-electron chi connectivity index (χ4n) is 3.32. The normalized spacial score (nSPS) is 14.2. The predicted molar refractivity (Wildman–Crippen MR) is 90.6 cm³/mol. The number of anilines is 1. The Labute approximate surface area is 131 Å². The molecule has 1 N–H and O–H groups in total. The molecule has 3 rings (SSSR count). The highest BCUT2D eigenvalue weighted by atomic mass is 16.5. The van der Waals surface area contributed by atoms with Crippen LogP contribution in [0.3, 0.4) is 0 Å². The molecule has 118 valence electrons. The highest BCUT2D eigenvalue weighted by molar-refractivity contribution is 5.94. The topological polar surface area (TPSA) is 43.3 Å². The Bertz CT molecular complexity index is 747. The minimum absolute atomic E-state index is 0.0817. The van der Waals surface area contributed by atoms with Gasteiger partial charge < -0.3 is 10.1 Å². The predicted octanol–water partition coefficient (Wildman–Crippen LogP) is 3.16. The van der Waals surface area contributed by atoms with Crippen LogP contribution in [0.2, 0.25) is 0 Å². The molecule has 0 bridgehead atoms. The third-order valence-corrected chi connectivity index (χ3v) is 4.23. The number of benzene rings is 1. The Morgan fingerprint density at radius 2 is 2.18 bits per heavy atom. The van der Waals surface area contributed by atoms with Gasteiger partial charge in [0.05, 0.1) is 11.2 Å². The molecule has 0 atom stereocenters. The molecule has 4 nitrogen and oxygen atoms in total. The average molecular weight is 300 g/mol. The van der Waals surface area contributed by atoms with Crippen LogP contribution in [0.1, 0.15) is 31.4 Å². The summed E-state index contributed by atoms with van der Waals surface area (Å²) in [5.41, 5.74) is 4.24. The van der Waals surface area contributed by atoms with Crippen LogP contribution >= 0.6 is 0 Å². The van der Waals surface area contributed by atoms with Crippen molar-refractivity contribution >= 4 is 16.6 Å². The summed E-state index contributed by atoms with van der Waals surface area (Å²) in [6.07, 6.45) is 2.86. The number of fused-ring (bicyclic) bond motifs is 3. The van der Waals surface area contributed by atoms with Gasteiger partial charge in [-0.15, -0.1) is 0 Å². The van der Waals surface area contributed by atoms with Crippen LogP contribution < -0.4 is 10.9 Å². The van der Waals surface area contributed by atoms with Crippen molar-refractivity contribution < 1.29 is 4.74 Å². The summed E-state index contributed by atoms with van der Waals surface area (Å²) >= 11 is 0. The van der Waals surface area contributed by atoms with Crippen molar-refractivity contribution in [1.29, 1.82) is 0 Å². The van der Waals surface area contributed by atoms with Gasteiger partial charge in [-0.2, -0.15) is 0 Å². The van der Waals surface area contributed by atoms with Gasteiger partial charge in [0.25, 0.3) is 5.56 Å². The van der Waals surface area contributed by atoms with Crippen LogP contribution in [-0.2, 0) is 24.3 Å². The molecule has 0 unspecified atom stereocenters. The largest absolute Gasteiger partial charge is 0.384 e. The maximum Gasteiger partial charge on any atom is 0.258 e. The Morgan fingerprint density at radius 1 is 1.36 bits per heavy atom. The van der Waals surface area contributed by atoms with E-state index in [1.807, 2.05) is 0 Å². The fourth-order valence-corrected chi connectivity index (χ4v) is 3.32. The molecule has 22 heavy (non-hydrogen) atoms. The van der Waals surface area contributed by atoms with Crippen molar-refractivity contribution in [3.05, 3.63) is 39.7 Å². The number of hydrogen-bond acceptors (Lipinski definition) is 3. The zero-order valence-electron chi connectivity index (χ0n) is 13.6. The Kier molecular flexibility index (Phi) is 4.21. The van der Waals surface area contributed by atoms with E-state index < -0.39 is 0 Å². The van der Waals surface area contributed by atoms with E-state index in [4.69, 9.17) is 4.74 Å². The maximum absolute atomic E-state index is 12.8. The number of nitrogens with one attached hydrogen (secondary N) is 1. The van der Waals surface area contributed by atoms with Crippen molar-refractivity contribution in [3.8, 4) is 0 Å². The zero-order chi connectivity index (χ0) is 15.7. The molecule has 0 radical (unpaired) electrons. The lowest BCUT2D eigenvalue weighted by atomic mass is 9.97. The number of rotatable bonds is 4. The standard InChI is InChI=1S/C18H24N2O2/c1-12(2)9-13-6-7-14-16(10-13)20(11-22-3)18(21)15-5-4-8-19-17(14)15/h6-7,10,12,19H,4-5,8-9,11H2,1-3H3. The first-order valence-electron chi connectivity index (χ1n) is 8.03. The van der Waals surface area contributed by atoms with E-state index in [9.17, 15) is 4.79 Å². The second-order valence-corrected chi connectivity index (χ2v) is 6.48. The lowest BCUT2D eigenvalue weighted by molar-refractivity contribution is 0.131. The van der Waals surface area contributed by atoms with Gasteiger partial charge in [0.1, 0.15) is 6.73 Å². The van der Waals surface area contributed by atoms with Crippen molar-refractivity contribution in [1.82, 2.24) is 4.57 Å². The van der Waals surface area contributed by atoms with Crippen molar-refractivity contribution in [2.75, 3.05) is 19.0 Å². The first kappa shape index (κ1) is 15.1. The first-order valence-corrected chi connectivity index (χ1v) is 8.03. The number of nitrogens with zero attached hydrogens (tertiary/aromatic N) is 1. The summed E-state index contributed by atoms with van der Waals surface area (Å²) in [5.74, 6) is 0.593. The molecule has 1 aromatic heterocycles. The van der Waals surface area contributed by atoms with Crippen LogP contribution in [-0.4, -0.2) is 18.2 Å². The lowest BCUT2D eigenvalue weighted by Gasteiger charge is -2.22. The Morgan fingerprint density at radius 3 is 2.91 bits per heavy atom. The molecule has 1 aromatic carbocycles. The van der Waals surface area contributed by atoms with Crippen molar-refractivity contribution in [2.45, 2.75) is 39.8 Å². The van der Waals surface area contributed by atoms with E-state index in [-0.39, 0.29) is 5.56 Å². The van der Waals surface area contributed by atoms with E-state index >= 15 is 0 Å². The summed E-state index contributed by atoms with van der Waals surface area (Å²) in [7, 11) is 1.63. The van der Waals surface area contributed by atoms with E-state index in [1.165, 1.54) is 5.56 Å². The molecular weight excluding hydrogens is 276 g/mol. The van der Waals surface area contributed by atoms with Gasteiger partial charge >= 0.3 is 0 Å². The molecule has 0 spiro atoms. The van der Waals surface area contributed by atoms with Gasteiger partial charge in [0.15, 0.2) is 0 Å². The number of aromatic nitrogens is 1. The van der Waals surface area contributed by atoms with Gasteiger partial charge in [0.2, 0.25) is 0 Å². The minimum Gasteiger partial charge on any atom is -0.384 e. The Hall–Kier alpha value is -1.81. The van der Waals surface area contributed by atoms with Crippen LogP contribution in [0.25, 0.3) is 10.9 Å². The van der Waals surface area contributed by atoms with Crippen LogP contribution in [0.15, 0.2) is 23.0 Å². The van der Waals surface area contributed by atoms with Crippen molar-refractivity contribution in [3.63, 3.8) is 0 Å². The molecule has 0 saturated carbocycles. The molecule has 0 amide bonds. The van der Waals surface area contributed by atoms with E-state index in [0.717, 1.165) is 48.0 Å². The quantitative estimate of drug-likeness (QED) is 0.943. The smallest absolute Gasteiger partial charge is 0.258 e. The van der Waals surface area contributed by atoms with E-state index in [0.29, 0.717) is 12.6 Å². The third kappa shape index (κ3) is 2.63. The van der Waals surface area contributed by atoms with Gasteiger partial charge in [-0.05, 0) is 36.8 Å². The maximum atomic E-state index is 12.8. The summed E-state index contributed by atoms with van der Waals surface area (Å²) in [4.78, 5) is 12.8. The van der Waals surface area contributed by atoms with Crippen molar-refractivity contribution in [2.24, 2.45) is 5.92 Å². The second-order valence-electron chi connectivity index (χ2n) is 6.48. The number of methoxy groups -OCH3 is 1. The number of ether oxygens (including phenoxy) is 1. The monoisotopic (exact) mass is 300 g/mol. The summed E-state index contributed by atoms with van der Waals surface area (Å²) in [5, 5.41) is 4.55. The number of pyridine rings is 1. The van der Waals surface area contributed by atoms with Crippen LogP contribution in [0.4, 0.5) is 5.69 Å². The van der Waals surface area contributed by atoms with Gasteiger partial charge in [-0.25, -0.2) is 0 Å².